The van der Waals surface area contributed by atoms with Crippen molar-refractivity contribution in [2.75, 3.05) is 19.6 Å². The largest absolute Gasteiger partial charge is 0.329 e. The Balaban J connectivity index is 2.16. The zero-order valence-electron chi connectivity index (χ0n) is 10.7. The molecule has 2 N–H and O–H groups in total. The van der Waals surface area contributed by atoms with Gasteiger partial charge in [-0.25, -0.2) is 8.78 Å². The van der Waals surface area contributed by atoms with Crippen LogP contribution in [0.2, 0.25) is 0 Å². The van der Waals surface area contributed by atoms with Crippen LogP contribution in [0.1, 0.15) is 31.4 Å². The van der Waals surface area contributed by atoms with E-state index in [4.69, 9.17) is 5.73 Å². The average molecular weight is 254 g/mol. The van der Waals surface area contributed by atoms with Crippen LogP contribution in [0.3, 0.4) is 0 Å². The monoisotopic (exact) mass is 254 g/mol. The van der Waals surface area contributed by atoms with Crippen LogP contribution in [-0.4, -0.2) is 24.5 Å². The fourth-order valence-corrected chi connectivity index (χ4v) is 2.32. The van der Waals surface area contributed by atoms with E-state index in [-0.39, 0.29) is 6.04 Å². The number of hydrogen-bond donors (Lipinski definition) is 1. The van der Waals surface area contributed by atoms with Crippen LogP contribution in [0.5, 0.6) is 0 Å². The molecule has 2 rings (SSSR count). The maximum absolute atomic E-state index is 13.3. The summed E-state index contributed by atoms with van der Waals surface area (Å²) in [4.78, 5) is 2.25. The van der Waals surface area contributed by atoms with E-state index in [1.54, 1.807) is 6.07 Å². The van der Waals surface area contributed by atoms with Crippen LogP contribution in [0.25, 0.3) is 0 Å². The van der Waals surface area contributed by atoms with Crippen LogP contribution in [0.4, 0.5) is 8.78 Å². The summed E-state index contributed by atoms with van der Waals surface area (Å²) in [5, 5.41) is 0. The molecule has 0 amide bonds. The number of hydrogen-bond acceptors (Lipinski definition) is 2. The Bertz CT molecular complexity index is 405. The van der Waals surface area contributed by atoms with Crippen molar-refractivity contribution in [1.29, 1.82) is 0 Å². The van der Waals surface area contributed by atoms with Crippen LogP contribution in [-0.2, 0) is 0 Å². The molecule has 4 heteroatoms. The van der Waals surface area contributed by atoms with Crippen LogP contribution < -0.4 is 5.73 Å². The van der Waals surface area contributed by atoms with E-state index in [0.29, 0.717) is 6.54 Å². The number of nitrogens with two attached hydrogens (primary N) is 1. The van der Waals surface area contributed by atoms with E-state index in [0.717, 1.165) is 24.6 Å². The maximum Gasteiger partial charge on any atom is 0.159 e. The first-order valence-electron chi connectivity index (χ1n) is 6.54. The van der Waals surface area contributed by atoms with E-state index in [1.807, 2.05) is 0 Å². The van der Waals surface area contributed by atoms with Gasteiger partial charge in [0.15, 0.2) is 11.6 Å². The number of rotatable bonds is 6. The fraction of sp³-hybridized carbons (Fsp3) is 0.571. The Morgan fingerprint density at radius 1 is 1.33 bits per heavy atom. The summed E-state index contributed by atoms with van der Waals surface area (Å²) >= 11 is 0. The average Bonchev–Trinajstić information content (AvgIpc) is 3.17. The lowest BCUT2D eigenvalue weighted by molar-refractivity contribution is 0.203. The molecule has 0 aromatic heterocycles. The fourth-order valence-electron chi connectivity index (χ4n) is 2.32. The molecule has 1 unspecified atom stereocenters. The molecule has 1 aliphatic carbocycles. The second-order valence-electron chi connectivity index (χ2n) is 4.96. The molecule has 18 heavy (non-hydrogen) atoms. The molecular weight excluding hydrogens is 234 g/mol. The van der Waals surface area contributed by atoms with E-state index >= 15 is 0 Å². The Morgan fingerprint density at radius 2 is 2.06 bits per heavy atom. The van der Waals surface area contributed by atoms with Gasteiger partial charge in [-0.1, -0.05) is 13.0 Å². The highest BCUT2D eigenvalue weighted by Crippen LogP contribution is 2.32. The highest BCUT2D eigenvalue weighted by molar-refractivity contribution is 5.22. The number of likely N-dealkylation sites (N-methyl/N-ethyl adjacent to an activating group) is 1. The quantitative estimate of drug-likeness (QED) is 0.845. The summed E-state index contributed by atoms with van der Waals surface area (Å²) in [6.07, 6.45) is 2.54. The van der Waals surface area contributed by atoms with Crippen molar-refractivity contribution < 1.29 is 8.78 Å². The number of halogens is 2. The molecular formula is C14H20F2N2. The third kappa shape index (κ3) is 3.06. The van der Waals surface area contributed by atoms with Gasteiger partial charge < -0.3 is 5.73 Å². The van der Waals surface area contributed by atoms with E-state index in [2.05, 4.69) is 11.8 Å². The van der Waals surface area contributed by atoms with E-state index in [1.165, 1.54) is 25.0 Å². The zero-order valence-corrected chi connectivity index (χ0v) is 10.7. The van der Waals surface area contributed by atoms with Crippen molar-refractivity contribution >= 4 is 0 Å². The minimum atomic E-state index is -0.806. The van der Waals surface area contributed by atoms with Crippen molar-refractivity contribution in [3.8, 4) is 0 Å². The summed E-state index contributed by atoms with van der Waals surface area (Å²) in [7, 11) is 0. The van der Waals surface area contributed by atoms with Gasteiger partial charge >= 0.3 is 0 Å². The van der Waals surface area contributed by atoms with Gasteiger partial charge in [-0.15, -0.1) is 0 Å². The molecule has 2 nitrogen and oxygen atoms in total. The second-order valence-corrected chi connectivity index (χ2v) is 4.96. The number of benzene rings is 1. The van der Waals surface area contributed by atoms with Gasteiger partial charge in [0.2, 0.25) is 0 Å². The van der Waals surface area contributed by atoms with Crippen molar-refractivity contribution in [2.24, 2.45) is 11.7 Å². The molecule has 0 heterocycles. The van der Waals surface area contributed by atoms with Crippen molar-refractivity contribution in [1.82, 2.24) is 4.90 Å². The molecule has 0 saturated heterocycles. The van der Waals surface area contributed by atoms with Crippen LogP contribution in [0, 0.1) is 17.6 Å². The smallest absolute Gasteiger partial charge is 0.159 e. The number of nitrogens with zero attached hydrogens (tertiary/aromatic N) is 1. The van der Waals surface area contributed by atoms with Gasteiger partial charge in [-0.05, 0) is 43.0 Å². The molecule has 1 aromatic rings. The molecule has 0 radical (unpaired) electrons. The summed E-state index contributed by atoms with van der Waals surface area (Å²) in [6.45, 7) is 4.37. The lowest BCUT2D eigenvalue weighted by atomic mass is 10.0. The third-order valence-electron chi connectivity index (χ3n) is 3.59. The third-order valence-corrected chi connectivity index (χ3v) is 3.59. The van der Waals surface area contributed by atoms with Gasteiger partial charge in [-0.3, -0.25) is 4.90 Å². The molecule has 1 aliphatic rings. The van der Waals surface area contributed by atoms with Crippen LogP contribution in [0.15, 0.2) is 18.2 Å². The van der Waals surface area contributed by atoms with Gasteiger partial charge in [0.25, 0.3) is 0 Å². The topological polar surface area (TPSA) is 29.3 Å². The molecule has 0 aliphatic heterocycles. The molecule has 100 valence electrons. The van der Waals surface area contributed by atoms with E-state index < -0.39 is 11.6 Å². The minimum absolute atomic E-state index is 0.0225. The van der Waals surface area contributed by atoms with Crippen molar-refractivity contribution in [3.63, 3.8) is 0 Å². The Hall–Kier alpha value is -1.00. The lowest BCUT2D eigenvalue weighted by Gasteiger charge is -2.30. The van der Waals surface area contributed by atoms with Crippen LogP contribution >= 0.6 is 0 Å². The molecule has 1 fully saturated rings. The van der Waals surface area contributed by atoms with Gasteiger partial charge in [0, 0.05) is 19.1 Å². The maximum atomic E-state index is 13.3. The Labute approximate surface area is 107 Å². The lowest BCUT2D eigenvalue weighted by Crippen LogP contribution is -2.35. The normalized spacial score (nSPS) is 17.2. The molecule has 1 saturated carbocycles. The summed E-state index contributed by atoms with van der Waals surface area (Å²) in [5.41, 5.74) is 6.57. The Kier molecular flexibility index (Phi) is 4.30. The summed E-state index contributed by atoms with van der Waals surface area (Å²) in [6, 6.07) is 4.05. The highest BCUT2D eigenvalue weighted by atomic mass is 19.2. The van der Waals surface area contributed by atoms with Gasteiger partial charge in [-0.2, -0.15) is 0 Å². The SMILES string of the molecule is CCN(CC1CC1)C(CN)c1ccc(F)c(F)c1. The summed E-state index contributed by atoms with van der Waals surface area (Å²) < 4.78 is 26.2. The molecule has 1 atom stereocenters. The van der Waals surface area contributed by atoms with Crippen molar-refractivity contribution in [2.45, 2.75) is 25.8 Å². The molecule has 1 aromatic carbocycles. The predicted molar refractivity (Wildman–Crippen MR) is 68.1 cm³/mol. The first-order valence-corrected chi connectivity index (χ1v) is 6.54. The predicted octanol–water partition coefficient (Wildman–Crippen LogP) is 2.70. The minimum Gasteiger partial charge on any atom is -0.329 e. The van der Waals surface area contributed by atoms with Crippen molar-refractivity contribution in [3.05, 3.63) is 35.4 Å². The van der Waals surface area contributed by atoms with Gasteiger partial charge in [0.1, 0.15) is 0 Å². The standard InChI is InChI=1S/C14H20F2N2/c1-2-18(9-10-3-4-10)14(8-17)11-5-6-12(15)13(16)7-11/h5-7,10,14H,2-4,8-9,17H2,1H3. The second kappa shape index (κ2) is 5.76. The van der Waals surface area contributed by atoms with E-state index in [9.17, 15) is 8.78 Å². The highest BCUT2D eigenvalue weighted by Gasteiger charge is 2.27. The summed E-state index contributed by atoms with van der Waals surface area (Å²) in [5.74, 6) is -0.850. The first kappa shape index (κ1) is 13.4. The molecule has 0 spiro atoms. The zero-order chi connectivity index (χ0) is 13.1. The van der Waals surface area contributed by atoms with Gasteiger partial charge in [0.05, 0.1) is 0 Å². The first-order chi connectivity index (χ1) is 8.65. The Morgan fingerprint density at radius 3 is 2.56 bits per heavy atom. The molecule has 0 bridgehead atoms.